The van der Waals surface area contributed by atoms with Gasteiger partial charge in [0.2, 0.25) is 11.8 Å². The van der Waals surface area contributed by atoms with Crippen molar-refractivity contribution in [3.63, 3.8) is 0 Å². The summed E-state index contributed by atoms with van der Waals surface area (Å²) in [5.41, 5.74) is 5.60. The number of hydrogen-bond acceptors (Lipinski definition) is 5. The fraction of sp³-hybridized carbons (Fsp3) is 0.385. The van der Waals surface area contributed by atoms with Crippen molar-refractivity contribution >= 4 is 23.4 Å². The molecular formula is C26H31N3O2S. The predicted octanol–water partition coefficient (Wildman–Crippen LogP) is 5.24. The summed E-state index contributed by atoms with van der Waals surface area (Å²) in [6.07, 6.45) is 0. The number of carbonyl (C=O) groups excluding carboxylic acids is 1. The second kappa shape index (κ2) is 9.82. The highest BCUT2D eigenvalue weighted by Gasteiger charge is 2.27. The van der Waals surface area contributed by atoms with Crippen molar-refractivity contribution in [3.05, 3.63) is 71.1 Å². The van der Waals surface area contributed by atoms with E-state index in [-0.39, 0.29) is 5.91 Å². The first-order chi connectivity index (χ1) is 15.4. The number of rotatable bonds is 6. The molecule has 1 aliphatic heterocycles. The Balaban J connectivity index is 1.29. The van der Waals surface area contributed by atoms with Crippen LogP contribution in [0.25, 0.3) is 11.5 Å². The molecule has 2 heterocycles. The van der Waals surface area contributed by atoms with Gasteiger partial charge in [0, 0.05) is 42.7 Å². The number of carbonyl (C=O) groups is 1. The summed E-state index contributed by atoms with van der Waals surface area (Å²) in [7, 11) is 0. The number of oxazole rings is 1. The van der Waals surface area contributed by atoms with Gasteiger partial charge in [0.05, 0.1) is 11.4 Å². The molecule has 5 nitrogen and oxygen atoms in total. The van der Waals surface area contributed by atoms with Crippen molar-refractivity contribution in [3.8, 4) is 11.5 Å². The minimum Gasteiger partial charge on any atom is -0.441 e. The zero-order valence-corrected chi connectivity index (χ0v) is 20.1. The summed E-state index contributed by atoms with van der Waals surface area (Å²) in [4.78, 5) is 21.9. The average molecular weight is 450 g/mol. The fourth-order valence-corrected chi connectivity index (χ4v) is 5.00. The lowest BCUT2D eigenvalue weighted by atomic mass is 10.1. The molecule has 1 aromatic heterocycles. The number of aryl methyl sites for hydroxylation is 3. The first-order valence-corrected chi connectivity index (χ1v) is 12.3. The second-order valence-electron chi connectivity index (χ2n) is 8.60. The standard InChI is InChI=1S/C26H31N3O2S/c1-18-8-10-22(11-9-18)26-27-24(21(4)31-26)16-32-17-25(30)28-12-13-29(20(3)15-28)23-7-5-6-19(2)14-23/h5-11,14,20H,12-13,15-17H2,1-4H3. The SMILES string of the molecule is Cc1ccc(-c2nc(CSCC(=O)N3CCN(c4cccc(C)c4)C(C)C3)c(C)o2)cc1. The summed E-state index contributed by atoms with van der Waals surface area (Å²) in [6, 6.07) is 17.1. The van der Waals surface area contributed by atoms with Crippen LogP contribution in [0.3, 0.4) is 0 Å². The van der Waals surface area contributed by atoms with E-state index in [2.05, 4.69) is 67.1 Å². The molecule has 4 rings (SSSR count). The normalized spacial score (nSPS) is 16.4. The lowest BCUT2D eigenvalue weighted by molar-refractivity contribution is -0.129. The van der Waals surface area contributed by atoms with Gasteiger partial charge in [0.15, 0.2) is 0 Å². The van der Waals surface area contributed by atoms with E-state index in [9.17, 15) is 4.79 Å². The third-order valence-electron chi connectivity index (χ3n) is 5.97. The number of nitrogens with zero attached hydrogens (tertiary/aromatic N) is 3. The van der Waals surface area contributed by atoms with E-state index in [1.165, 1.54) is 16.8 Å². The summed E-state index contributed by atoms with van der Waals surface area (Å²) >= 11 is 1.61. The van der Waals surface area contributed by atoms with Gasteiger partial charge >= 0.3 is 0 Å². The van der Waals surface area contributed by atoms with Crippen molar-refractivity contribution in [2.75, 3.05) is 30.3 Å². The molecule has 0 radical (unpaired) electrons. The molecular weight excluding hydrogens is 418 g/mol. The van der Waals surface area contributed by atoms with Gasteiger partial charge < -0.3 is 14.2 Å². The Hall–Kier alpha value is -2.73. The Morgan fingerprint density at radius 3 is 2.59 bits per heavy atom. The molecule has 0 N–H and O–H groups in total. The molecule has 6 heteroatoms. The van der Waals surface area contributed by atoms with Crippen molar-refractivity contribution in [2.45, 2.75) is 39.5 Å². The molecule has 2 aromatic carbocycles. The third kappa shape index (κ3) is 5.18. The van der Waals surface area contributed by atoms with Crippen LogP contribution in [0.2, 0.25) is 0 Å². The minimum absolute atomic E-state index is 0.200. The van der Waals surface area contributed by atoms with E-state index in [1.54, 1.807) is 11.8 Å². The van der Waals surface area contributed by atoms with E-state index in [1.807, 2.05) is 24.0 Å². The molecule has 3 aromatic rings. The van der Waals surface area contributed by atoms with Gasteiger partial charge in [-0.2, -0.15) is 0 Å². The first-order valence-electron chi connectivity index (χ1n) is 11.1. The topological polar surface area (TPSA) is 49.6 Å². The maximum absolute atomic E-state index is 12.8. The Morgan fingerprint density at radius 2 is 1.88 bits per heavy atom. The monoisotopic (exact) mass is 449 g/mol. The molecule has 32 heavy (non-hydrogen) atoms. The maximum Gasteiger partial charge on any atom is 0.232 e. The van der Waals surface area contributed by atoms with Gasteiger partial charge in [-0.25, -0.2) is 4.98 Å². The van der Waals surface area contributed by atoms with Gasteiger partial charge in [-0.1, -0.05) is 29.8 Å². The fourth-order valence-electron chi connectivity index (χ4n) is 4.08. The molecule has 1 unspecified atom stereocenters. The molecule has 168 valence electrons. The predicted molar refractivity (Wildman–Crippen MR) is 132 cm³/mol. The molecule has 0 spiro atoms. The van der Waals surface area contributed by atoms with Gasteiger partial charge in [0.1, 0.15) is 5.76 Å². The lowest BCUT2D eigenvalue weighted by Crippen LogP contribution is -2.54. The van der Waals surface area contributed by atoms with Crippen LogP contribution in [-0.4, -0.2) is 47.2 Å². The van der Waals surface area contributed by atoms with Crippen molar-refractivity contribution in [1.82, 2.24) is 9.88 Å². The van der Waals surface area contributed by atoms with Crippen LogP contribution in [0.4, 0.5) is 5.69 Å². The molecule has 0 bridgehead atoms. The molecule has 1 fully saturated rings. The summed E-state index contributed by atoms with van der Waals surface area (Å²) in [5, 5.41) is 0. The Labute approximate surface area is 194 Å². The van der Waals surface area contributed by atoms with Crippen molar-refractivity contribution in [1.29, 1.82) is 0 Å². The van der Waals surface area contributed by atoms with Gasteiger partial charge in [-0.3, -0.25) is 4.79 Å². The Kier molecular flexibility index (Phi) is 6.89. The van der Waals surface area contributed by atoms with Crippen LogP contribution in [0.15, 0.2) is 52.9 Å². The van der Waals surface area contributed by atoms with E-state index >= 15 is 0 Å². The van der Waals surface area contributed by atoms with Crippen LogP contribution in [0.1, 0.15) is 29.5 Å². The Bertz CT molecular complexity index is 1080. The van der Waals surface area contributed by atoms with Crippen LogP contribution in [-0.2, 0) is 10.5 Å². The molecule has 1 aliphatic rings. The number of amides is 1. The highest BCUT2D eigenvalue weighted by Crippen LogP contribution is 2.25. The number of benzene rings is 2. The zero-order chi connectivity index (χ0) is 22.7. The Morgan fingerprint density at radius 1 is 1.09 bits per heavy atom. The number of thioether (sulfide) groups is 1. The average Bonchev–Trinajstić information content (AvgIpc) is 3.14. The highest BCUT2D eigenvalue weighted by molar-refractivity contribution is 7.99. The van der Waals surface area contributed by atoms with E-state index in [0.29, 0.717) is 23.4 Å². The number of aromatic nitrogens is 1. The molecule has 1 atom stereocenters. The number of piperazine rings is 1. The smallest absolute Gasteiger partial charge is 0.232 e. The highest BCUT2D eigenvalue weighted by atomic mass is 32.2. The van der Waals surface area contributed by atoms with Gasteiger partial charge in [-0.15, -0.1) is 11.8 Å². The van der Waals surface area contributed by atoms with Crippen molar-refractivity contribution in [2.24, 2.45) is 0 Å². The van der Waals surface area contributed by atoms with Crippen LogP contribution >= 0.6 is 11.8 Å². The van der Waals surface area contributed by atoms with Gasteiger partial charge in [0.25, 0.3) is 0 Å². The molecule has 0 saturated carbocycles. The second-order valence-corrected chi connectivity index (χ2v) is 9.59. The number of anilines is 1. The van der Waals surface area contributed by atoms with E-state index in [4.69, 9.17) is 4.42 Å². The quantitative estimate of drug-likeness (QED) is 0.515. The van der Waals surface area contributed by atoms with Crippen LogP contribution in [0.5, 0.6) is 0 Å². The number of hydrogen-bond donors (Lipinski definition) is 0. The maximum atomic E-state index is 12.8. The lowest BCUT2D eigenvalue weighted by Gasteiger charge is -2.41. The van der Waals surface area contributed by atoms with Crippen LogP contribution < -0.4 is 4.90 Å². The third-order valence-corrected chi connectivity index (χ3v) is 6.90. The minimum atomic E-state index is 0.200. The molecule has 1 saturated heterocycles. The summed E-state index contributed by atoms with van der Waals surface area (Å²) in [5.74, 6) is 2.80. The van der Waals surface area contributed by atoms with Gasteiger partial charge in [-0.05, 0) is 57.5 Å². The largest absolute Gasteiger partial charge is 0.441 e. The van der Waals surface area contributed by atoms with Crippen LogP contribution in [0, 0.1) is 20.8 Å². The first kappa shape index (κ1) is 22.5. The summed E-state index contributed by atoms with van der Waals surface area (Å²) in [6.45, 7) is 10.7. The zero-order valence-electron chi connectivity index (χ0n) is 19.3. The summed E-state index contributed by atoms with van der Waals surface area (Å²) < 4.78 is 5.87. The van der Waals surface area contributed by atoms with E-state index in [0.717, 1.165) is 36.7 Å². The van der Waals surface area contributed by atoms with E-state index < -0.39 is 0 Å². The molecule has 1 amide bonds. The molecule has 0 aliphatic carbocycles. The van der Waals surface area contributed by atoms with Crippen molar-refractivity contribution < 1.29 is 9.21 Å².